The molecule has 2 aromatic carbocycles. The second-order valence-electron chi connectivity index (χ2n) is 5.01. The summed E-state index contributed by atoms with van der Waals surface area (Å²) in [6.07, 6.45) is 0. The van der Waals surface area contributed by atoms with Crippen molar-refractivity contribution >= 4 is 0 Å². The monoisotopic (exact) mass is 258 g/mol. The van der Waals surface area contributed by atoms with Crippen LogP contribution in [0.3, 0.4) is 0 Å². The third-order valence-corrected chi connectivity index (χ3v) is 3.04. The molecule has 0 bridgehead atoms. The van der Waals surface area contributed by atoms with Gasteiger partial charge in [-0.3, -0.25) is 0 Å². The maximum Gasteiger partial charge on any atom is 0.123 e. The lowest BCUT2D eigenvalue weighted by molar-refractivity contribution is 0.402. The quantitative estimate of drug-likeness (QED) is 0.913. The molecule has 0 amide bonds. The van der Waals surface area contributed by atoms with Crippen LogP contribution in [0.2, 0.25) is 0 Å². The molecule has 2 nitrogen and oxygen atoms in total. The van der Waals surface area contributed by atoms with Crippen LogP contribution in [0.5, 0.6) is 0 Å². The first kappa shape index (κ1) is 13.7. The lowest BCUT2D eigenvalue weighted by atomic mass is 9.98. The molecule has 2 rings (SSSR count). The number of nitrogens with zero attached hydrogens (tertiary/aromatic N) is 1. The molecule has 2 N–H and O–H groups in total. The number of rotatable bonds is 4. The van der Waals surface area contributed by atoms with E-state index in [0.29, 0.717) is 0 Å². The molecule has 0 aromatic heterocycles. The average molecular weight is 258 g/mol. The molecule has 0 saturated carbocycles. The SMILES string of the molecule is CN(C)Cc1cccc(C(N)c2ccc(F)cc2)c1. The Labute approximate surface area is 113 Å². The lowest BCUT2D eigenvalue weighted by Gasteiger charge is -2.15. The van der Waals surface area contributed by atoms with E-state index in [-0.39, 0.29) is 11.9 Å². The van der Waals surface area contributed by atoms with Crippen LogP contribution in [-0.4, -0.2) is 19.0 Å². The van der Waals surface area contributed by atoms with Gasteiger partial charge in [0.25, 0.3) is 0 Å². The van der Waals surface area contributed by atoms with Crippen molar-refractivity contribution < 1.29 is 4.39 Å². The van der Waals surface area contributed by atoms with Gasteiger partial charge in [0, 0.05) is 6.54 Å². The summed E-state index contributed by atoms with van der Waals surface area (Å²) in [5.74, 6) is -0.239. The van der Waals surface area contributed by atoms with Gasteiger partial charge < -0.3 is 10.6 Å². The molecule has 0 spiro atoms. The molecule has 19 heavy (non-hydrogen) atoms. The van der Waals surface area contributed by atoms with Gasteiger partial charge in [-0.05, 0) is 42.9 Å². The zero-order valence-corrected chi connectivity index (χ0v) is 11.3. The van der Waals surface area contributed by atoms with Crippen LogP contribution < -0.4 is 5.73 Å². The zero-order valence-electron chi connectivity index (χ0n) is 11.3. The highest BCUT2D eigenvalue weighted by atomic mass is 19.1. The van der Waals surface area contributed by atoms with Crippen LogP contribution in [0.15, 0.2) is 48.5 Å². The van der Waals surface area contributed by atoms with Crippen molar-refractivity contribution in [2.24, 2.45) is 5.73 Å². The van der Waals surface area contributed by atoms with E-state index in [2.05, 4.69) is 17.0 Å². The molecule has 0 radical (unpaired) electrons. The van der Waals surface area contributed by atoms with Gasteiger partial charge in [-0.1, -0.05) is 36.4 Å². The Kier molecular flexibility index (Phi) is 4.30. The summed E-state index contributed by atoms with van der Waals surface area (Å²) in [6, 6.07) is 14.3. The molecule has 0 aliphatic carbocycles. The van der Waals surface area contributed by atoms with E-state index in [9.17, 15) is 4.39 Å². The summed E-state index contributed by atoms with van der Waals surface area (Å²) in [5, 5.41) is 0. The van der Waals surface area contributed by atoms with Gasteiger partial charge in [0.15, 0.2) is 0 Å². The van der Waals surface area contributed by atoms with Crippen LogP contribution >= 0.6 is 0 Å². The summed E-state index contributed by atoms with van der Waals surface area (Å²) in [6.45, 7) is 0.879. The summed E-state index contributed by atoms with van der Waals surface area (Å²) in [4.78, 5) is 2.11. The summed E-state index contributed by atoms with van der Waals surface area (Å²) in [5.41, 5.74) is 9.42. The second kappa shape index (κ2) is 5.95. The molecule has 0 aliphatic rings. The third-order valence-electron chi connectivity index (χ3n) is 3.04. The average Bonchev–Trinajstić information content (AvgIpc) is 2.38. The van der Waals surface area contributed by atoms with Crippen LogP contribution in [0.4, 0.5) is 4.39 Å². The topological polar surface area (TPSA) is 29.3 Å². The van der Waals surface area contributed by atoms with Crippen molar-refractivity contribution in [1.82, 2.24) is 4.90 Å². The third kappa shape index (κ3) is 3.63. The molecule has 2 aromatic rings. The number of nitrogens with two attached hydrogens (primary N) is 1. The predicted molar refractivity (Wildman–Crippen MR) is 76.3 cm³/mol. The Hall–Kier alpha value is -1.71. The lowest BCUT2D eigenvalue weighted by Crippen LogP contribution is -2.14. The zero-order chi connectivity index (χ0) is 13.8. The Morgan fingerprint density at radius 1 is 1.05 bits per heavy atom. The van der Waals surface area contributed by atoms with Crippen LogP contribution in [0.1, 0.15) is 22.7 Å². The fourth-order valence-electron chi connectivity index (χ4n) is 2.11. The van der Waals surface area contributed by atoms with Crippen molar-refractivity contribution in [2.75, 3.05) is 14.1 Å². The fraction of sp³-hybridized carbons (Fsp3) is 0.250. The minimum Gasteiger partial charge on any atom is -0.320 e. The molecular weight excluding hydrogens is 239 g/mol. The van der Waals surface area contributed by atoms with E-state index in [4.69, 9.17) is 5.73 Å². The van der Waals surface area contributed by atoms with Gasteiger partial charge in [0.05, 0.1) is 6.04 Å². The van der Waals surface area contributed by atoms with Gasteiger partial charge in [0.2, 0.25) is 0 Å². The molecule has 0 fully saturated rings. The summed E-state index contributed by atoms with van der Waals surface area (Å²) in [7, 11) is 4.07. The summed E-state index contributed by atoms with van der Waals surface area (Å²) < 4.78 is 12.9. The van der Waals surface area contributed by atoms with Crippen molar-refractivity contribution in [1.29, 1.82) is 0 Å². The minimum atomic E-state index is -0.239. The minimum absolute atomic E-state index is 0.220. The predicted octanol–water partition coefficient (Wildman–Crippen LogP) is 2.94. The van der Waals surface area contributed by atoms with Crippen molar-refractivity contribution in [3.8, 4) is 0 Å². The van der Waals surface area contributed by atoms with E-state index in [1.54, 1.807) is 12.1 Å². The molecule has 100 valence electrons. The molecule has 0 heterocycles. The maximum absolute atomic E-state index is 12.9. The highest BCUT2D eigenvalue weighted by Crippen LogP contribution is 2.21. The molecule has 0 aliphatic heterocycles. The van der Waals surface area contributed by atoms with Gasteiger partial charge in [0.1, 0.15) is 5.82 Å². The number of hydrogen-bond donors (Lipinski definition) is 1. The van der Waals surface area contributed by atoms with Crippen molar-refractivity contribution in [3.63, 3.8) is 0 Å². The van der Waals surface area contributed by atoms with Gasteiger partial charge >= 0.3 is 0 Å². The molecule has 1 unspecified atom stereocenters. The molecule has 3 heteroatoms. The highest BCUT2D eigenvalue weighted by Gasteiger charge is 2.09. The van der Waals surface area contributed by atoms with Crippen molar-refractivity contribution in [2.45, 2.75) is 12.6 Å². The van der Waals surface area contributed by atoms with E-state index in [1.807, 2.05) is 26.2 Å². The molecule has 1 atom stereocenters. The molecular formula is C16H19FN2. The standard InChI is InChI=1S/C16H19FN2/c1-19(2)11-12-4-3-5-14(10-12)16(18)13-6-8-15(17)9-7-13/h3-10,16H,11,18H2,1-2H3. The number of benzene rings is 2. The largest absolute Gasteiger partial charge is 0.320 e. The van der Waals surface area contributed by atoms with Gasteiger partial charge in [-0.2, -0.15) is 0 Å². The first-order valence-corrected chi connectivity index (χ1v) is 6.31. The Morgan fingerprint density at radius 2 is 1.74 bits per heavy atom. The van der Waals surface area contributed by atoms with Crippen molar-refractivity contribution in [3.05, 3.63) is 71.0 Å². The Morgan fingerprint density at radius 3 is 2.37 bits per heavy atom. The van der Waals surface area contributed by atoms with E-state index in [1.165, 1.54) is 17.7 Å². The van der Waals surface area contributed by atoms with Crippen LogP contribution in [0.25, 0.3) is 0 Å². The number of hydrogen-bond acceptors (Lipinski definition) is 2. The maximum atomic E-state index is 12.9. The summed E-state index contributed by atoms with van der Waals surface area (Å²) >= 11 is 0. The van der Waals surface area contributed by atoms with E-state index < -0.39 is 0 Å². The fourth-order valence-corrected chi connectivity index (χ4v) is 2.11. The van der Waals surface area contributed by atoms with Gasteiger partial charge in [-0.15, -0.1) is 0 Å². The first-order chi connectivity index (χ1) is 9.06. The Balaban J connectivity index is 2.23. The smallest absolute Gasteiger partial charge is 0.123 e. The second-order valence-corrected chi connectivity index (χ2v) is 5.01. The normalized spacial score (nSPS) is 12.7. The van der Waals surface area contributed by atoms with Crippen LogP contribution in [-0.2, 0) is 6.54 Å². The highest BCUT2D eigenvalue weighted by molar-refractivity contribution is 5.34. The van der Waals surface area contributed by atoms with Gasteiger partial charge in [-0.25, -0.2) is 4.39 Å². The van der Waals surface area contributed by atoms with E-state index >= 15 is 0 Å². The number of halogens is 1. The molecule has 0 saturated heterocycles. The first-order valence-electron chi connectivity index (χ1n) is 6.31. The van der Waals surface area contributed by atoms with Crippen LogP contribution in [0, 0.1) is 5.82 Å². The Bertz CT molecular complexity index is 535. The van der Waals surface area contributed by atoms with E-state index in [0.717, 1.165) is 17.7 Å².